The molecule has 2 fully saturated rings. The van der Waals surface area contributed by atoms with Gasteiger partial charge in [0.1, 0.15) is 18.9 Å². The maximum absolute atomic E-state index is 12.8. The van der Waals surface area contributed by atoms with E-state index in [-0.39, 0.29) is 12.5 Å². The maximum Gasteiger partial charge on any atom is 0.294 e. The van der Waals surface area contributed by atoms with Crippen molar-refractivity contribution in [1.29, 1.82) is 0 Å². The number of halogens is 1. The summed E-state index contributed by atoms with van der Waals surface area (Å²) in [6.07, 6.45) is 4.69. The van der Waals surface area contributed by atoms with Gasteiger partial charge in [0.25, 0.3) is 11.1 Å². The maximum atomic E-state index is 12.8. The van der Waals surface area contributed by atoms with E-state index in [1.807, 2.05) is 48.5 Å². The topological polar surface area (TPSA) is 66.9 Å². The lowest BCUT2D eigenvalue weighted by Crippen LogP contribution is -2.44. The van der Waals surface area contributed by atoms with Crippen molar-refractivity contribution in [1.82, 2.24) is 9.80 Å². The molecule has 0 spiro atoms. The van der Waals surface area contributed by atoms with Crippen LogP contribution >= 0.6 is 23.4 Å². The molecule has 0 aliphatic carbocycles. The van der Waals surface area contributed by atoms with E-state index >= 15 is 0 Å². The van der Waals surface area contributed by atoms with Crippen LogP contribution in [0.15, 0.2) is 53.4 Å². The Labute approximate surface area is 196 Å². The van der Waals surface area contributed by atoms with E-state index in [2.05, 4.69) is 0 Å². The fourth-order valence-electron chi connectivity index (χ4n) is 3.61. The minimum atomic E-state index is -0.433. The van der Waals surface area contributed by atoms with Crippen LogP contribution in [-0.4, -0.2) is 46.5 Å². The first kappa shape index (κ1) is 22.4. The highest BCUT2D eigenvalue weighted by molar-refractivity contribution is 8.18. The van der Waals surface area contributed by atoms with Gasteiger partial charge < -0.3 is 9.64 Å². The van der Waals surface area contributed by atoms with Gasteiger partial charge in [-0.2, -0.15) is 0 Å². The number of amides is 3. The van der Waals surface area contributed by atoms with Gasteiger partial charge >= 0.3 is 0 Å². The quantitative estimate of drug-likeness (QED) is 0.558. The van der Waals surface area contributed by atoms with Crippen molar-refractivity contribution < 1.29 is 19.1 Å². The zero-order valence-electron chi connectivity index (χ0n) is 17.5. The predicted octanol–water partition coefficient (Wildman–Crippen LogP) is 4.97. The molecule has 0 aromatic heterocycles. The summed E-state index contributed by atoms with van der Waals surface area (Å²) in [5.41, 5.74) is 1.73. The molecule has 0 atom stereocenters. The van der Waals surface area contributed by atoms with Crippen LogP contribution in [0, 0.1) is 0 Å². The number of hydrogen-bond donors (Lipinski definition) is 0. The summed E-state index contributed by atoms with van der Waals surface area (Å²) in [5, 5.41) is 0.254. The second kappa shape index (κ2) is 10.2. The number of hydrogen-bond acceptors (Lipinski definition) is 5. The summed E-state index contributed by atoms with van der Waals surface area (Å²) >= 11 is 6.76. The van der Waals surface area contributed by atoms with Gasteiger partial charge in [-0.25, -0.2) is 0 Å². The highest BCUT2D eigenvalue weighted by Crippen LogP contribution is 2.32. The summed E-state index contributed by atoms with van der Waals surface area (Å²) in [5.74, 6) is 0.0388. The SMILES string of the molecule is O=C(CN1C(=O)S/C(=C/c2cccc(OCc3ccc(Cl)cc3)c2)C1=O)N1CCCCC1. The van der Waals surface area contributed by atoms with Crippen LogP contribution in [0.1, 0.15) is 30.4 Å². The molecule has 166 valence electrons. The molecular weight excluding hydrogens is 448 g/mol. The molecule has 2 heterocycles. The molecule has 0 N–H and O–H groups in total. The molecule has 8 heteroatoms. The third kappa shape index (κ3) is 5.53. The molecule has 3 amide bonds. The van der Waals surface area contributed by atoms with Crippen LogP contribution in [0.5, 0.6) is 5.75 Å². The van der Waals surface area contributed by atoms with Gasteiger partial charge in [-0.3, -0.25) is 19.3 Å². The lowest BCUT2D eigenvalue weighted by Gasteiger charge is -2.27. The third-order valence-corrected chi connectivity index (χ3v) is 6.51. The van der Waals surface area contributed by atoms with Gasteiger partial charge in [0, 0.05) is 18.1 Å². The van der Waals surface area contributed by atoms with Gasteiger partial charge in [0.05, 0.1) is 4.91 Å². The van der Waals surface area contributed by atoms with E-state index < -0.39 is 11.1 Å². The fraction of sp³-hybridized carbons (Fsp3) is 0.292. The van der Waals surface area contributed by atoms with Gasteiger partial charge in [0.15, 0.2) is 0 Å². The standard InChI is InChI=1S/C24H23ClN2O4S/c25-19-9-7-17(8-10-19)16-31-20-6-4-5-18(13-20)14-21-23(29)27(24(30)32-21)15-22(28)26-11-2-1-3-12-26/h4-10,13-14H,1-3,11-12,15-16H2/b21-14+. The van der Waals surface area contributed by atoms with Crippen LogP contribution in [0.25, 0.3) is 6.08 Å². The Morgan fingerprint density at radius 3 is 2.56 bits per heavy atom. The molecule has 6 nitrogen and oxygen atoms in total. The Morgan fingerprint density at radius 1 is 1.06 bits per heavy atom. The average Bonchev–Trinajstić information content (AvgIpc) is 3.07. The molecule has 32 heavy (non-hydrogen) atoms. The van der Waals surface area contributed by atoms with Crippen molar-refractivity contribution in [3.8, 4) is 5.75 Å². The molecule has 2 aromatic rings. The zero-order valence-corrected chi connectivity index (χ0v) is 19.0. The monoisotopic (exact) mass is 470 g/mol. The molecular formula is C24H23ClN2O4S. The number of rotatable bonds is 6. The molecule has 0 bridgehead atoms. The van der Waals surface area contributed by atoms with E-state index in [0.29, 0.717) is 35.4 Å². The number of likely N-dealkylation sites (tertiary alicyclic amines) is 1. The number of carbonyl (C=O) groups is 3. The Morgan fingerprint density at radius 2 is 1.81 bits per heavy atom. The van der Waals surface area contributed by atoms with E-state index in [4.69, 9.17) is 16.3 Å². The van der Waals surface area contributed by atoms with E-state index in [0.717, 1.165) is 47.1 Å². The molecule has 4 rings (SSSR count). The number of ether oxygens (including phenoxy) is 1. The molecule has 2 saturated heterocycles. The fourth-order valence-corrected chi connectivity index (χ4v) is 4.57. The number of carbonyl (C=O) groups excluding carboxylic acids is 3. The number of imide groups is 1. The number of thioether (sulfide) groups is 1. The van der Waals surface area contributed by atoms with E-state index in [1.54, 1.807) is 11.0 Å². The van der Waals surface area contributed by atoms with Crippen molar-refractivity contribution in [2.75, 3.05) is 19.6 Å². The summed E-state index contributed by atoms with van der Waals surface area (Å²) in [6.45, 7) is 1.56. The van der Waals surface area contributed by atoms with Crippen LogP contribution < -0.4 is 4.74 Å². The lowest BCUT2D eigenvalue weighted by atomic mass is 10.1. The van der Waals surface area contributed by atoms with Crippen LogP contribution in [0.2, 0.25) is 5.02 Å². The summed E-state index contributed by atoms with van der Waals surface area (Å²) in [4.78, 5) is 40.7. The van der Waals surface area contributed by atoms with Crippen LogP contribution in [0.4, 0.5) is 4.79 Å². The largest absolute Gasteiger partial charge is 0.489 e. The molecule has 2 aliphatic rings. The van der Waals surface area contributed by atoms with Gasteiger partial charge in [-0.15, -0.1) is 0 Å². The van der Waals surface area contributed by atoms with E-state index in [1.165, 1.54) is 0 Å². The Bertz CT molecular complexity index is 1050. The third-order valence-electron chi connectivity index (χ3n) is 5.35. The Balaban J connectivity index is 1.40. The van der Waals surface area contributed by atoms with Gasteiger partial charge in [-0.05, 0) is 72.5 Å². The molecule has 0 saturated carbocycles. The van der Waals surface area contributed by atoms with Crippen LogP contribution in [-0.2, 0) is 16.2 Å². The summed E-state index contributed by atoms with van der Waals surface area (Å²) in [6, 6.07) is 14.7. The predicted molar refractivity (Wildman–Crippen MR) is 125 cm³/mol. The van der Waals surface area contributed by atoms with Crippen LogP contribution in [0.3, 0.4) is 0 Å². The molecule has 0 radical (unpaired) electrons. The first-order valence-electron chi connectivity index (χ1n) is 10.5. The first-order valence-corrected chi connectivity index (χ1v) is 11.7. The van der Waals surface area contributed by atoms with Crippen molar-refractivity contribution in [2.45, 2.75) is 25.9 Å². The van der Waals surface area contributed by atoms with Crippen molar-refractivity contribution in [2.24, 2.45) is 0 Å². The zero-order chi connectivity index (χ0) is 22.5. The van der Waals surface area contributed by atoms with E-state index in [9.17, 15) is 14.4 Å². The average molecular weight is 471 g/mol. The van der Waals surface area contributed by atoms with Crippen molar-refractivity contribution in [3.05, 3.63) is 69.6 Å². The van der Waals surface area contributed by atoms with Crippen molar-refractivity contribution >= 4 is 46.5 Å². The normalized spacial score (nSPS) is 17.8. The minimum absolute atomic E-state index is 0.175. The minimum Gasteiger partial charge on any atom is -0.489 e. The second-order valence-electron chi connectivity index (χ2n) is 7.70. The molecule has 2 aliphatic heterocycles. The highest BCUT2D eigenvalue weighted by atomic mass is 35.5. The lowest BCUT2D eigenvalue weighted by molar-refractivity contribution is -0.136. The highest BCUT2D eigenvalue weighted by Gasteiger charge is 2.37. The smallest absolute Gasteiger partial charge is 0.294 e. The summed E-state index contributed by atoms with van der Waals surface area (Å²) in [7, 11) is 0. The van der Waals surface area contributed by atoms with Gasteiger partial charge in [-0.1, -0.05) is 35.9 Å². The Kier molecular flexibility index (Phi) is 7.17. The molecule has 0 unspecified atom stereocenters. The first-order chi connectivity index (χ1) is 15.5. The number of nitrogens with zero attached hydrogens (tertiary/aromatic N) is 2. The second-order valence-corrected chi connectivity index (χ2v) is 9.13. The Hall–Kier alpha value is -2.77. The summed E-state index contributed by atoms with van der Waals surface area (Å²) < 4.78 is 5.83. The van der Waals surface area contributed by atoms with Gasteiger partial charge in [0.2, 0.25) is 5.91 Å². The number of piperidine rings is 1. The van der Waals surface area contributed by atoms with Crippen molar-refractivity contribution in [3.63, 3.8) is 0 Å². The number of benzene rings is 2. The molecule has 2 aromatic carbocycles.